The van der Waals surface area contributed by atoms with E-state index in [9.17, 15) is 50.4 Å². The molecule has 0 aliphatic heterocycles. The van der Waals surface area contributed by atoms with Crippen molar-refractivity contribution in [3.05, 3.63) is 35.9 Å². The number of carbonyl (C=O) groups is 7. The summed E-state index contributed by atoms with van der Waals surface area (Å²) in [6, 6.07) is 9.72. The minimum Gasteiger partial charge on any atom is -0.147 e. The Balaban J connectivity index is 0.000000918. The van der Waals surface area contributed by atoms with E-state index in [1.165, 1.54) is 33.1 Å². The first-order valence-electron chi connectivity index (χ1n) is 21.9. The molecular weight excluding hydrogens is 975 g/mol. The smallest absolute Gasteiger partial charge is 0.147 e. The topological polar surface area (TPSA) is 328 Å². The minimum atomic E-state index is -3.50. The summed E-state index contributed by atoms with van der Waals surface area (Å²) in [6.07, 6.45) is 6.75. The predicted molar refractivity (Wildman–Crippen MR) is 254 cm³/mol. The Kier molecular flexibility index (Phi) is 33.1. The normalized spacial score (nSPS) is 20.9. The molecule has 4 rings (SSSR count). The third-order valence-electron chi connectivity index (χ3n) is 10.9. The summed E-state index contributed by atoms with van der Waals surface area (Å²) in [7, 11) is -2.58. The van der Waals surface area contributed by atoms with Crippen molar-refractivity contribution >= 4 is 92.4 Å². The Morgan fingerprint density at radius 1 is 0.676 bits per heavy atom. The number of rotatable bonds is 19. The second-order valence-electron chi connectivity index (χ2n) is 15.7. The second-order valence-corrected chi connectivity index (χ2v) is 21.2. The van der Waals surface area contributed by atoms with E-state index < -0.39 is 60.3 Å². The van der Waals surface area contributed by atoms with Crippen LogP contribution in [0.2, 0.25) is 0 Å². The molecule has 1 aromatic rings. The van der Waals surface area contributed by atoms with Crippen LogP contribution in [0.25, 0.3) is 0 Å². The summed E-state index contributed by atoms with van der Waals surface area (Å²) >= 11 is 1.41. The van der Waals surface area contributed by atoms with Gasteiger partial charge < -0.3 is 25.1 Å². The molecule has 1 aromatic carbocycles. The molecule has 21 nitrogen and oxygen atoms in total. The van der Waals surface area contributed by atoms with E-state index in [1.807, 2.05) is 30.3 Å². The molecule has 0 unspecified atom stereocenters. The first kappa shape index (κ1) is 64.0. The van der Waals surface area contributed by atoms with Crippen LogP contribution in [0.3, 0.4) is 0 Å². The number of esters is 4. The van der Waals surface area contributed by atoms with Gasteiger partial charge in [0.05, 0.1) is 51.3 Å². The monoisotopic (exact) mass is 1040 g/mol. The number of carboxylic acid groups (broad SMARTS) is 1. The summed E-state index contributed by atoms with van der Waals surface area (Å²) in [5.74, 6) is -3.44. The average molecular weight is 1040 g/mol. The van der Waals surface area contributed by atoms with Gasteiger partial charge in [0.2, 0.25) is 10.0 Å². The van der Waals surface area contributed by atoms with Crippen molar-refractivity contribution in [2.24, 2.45) is 23.5 Å². The summed E-state index contributed by atoms with van der Waals surface area (Å²) in [6.45, 7) is 2.33. The number of carbonyl (C=O) groups excluding carboxylic acids is 6. The fraction of sp³-hybridized carbons (Fsp3) is 0.690. The van der Waals surface area contributed by atoms with Crippen LogP contribution in [-0.4, -0.2) is 127 Å². The molecule has 3 aliphatic carbocycles. The van der Waals surface area contributed by atoms with Gasteiger partial charge in [-0.15, -0.1) is 12.4 Å². The Labute approximate surface area is 410 Å². The van der Waals surface area contributed by atoms with Crippen molar-refractivity contribution in [1.29, 1.82) is 5.31 Å². The summed E-state index contributed by atoms with van der Waals surface area (Å²) in [4.78, 5) is 77.2. The van der Waals surface area contributed by atoms with E-state index in [4.69, 9.17) is 20.9 Å². The maximum absolute atomic E-state index is 12.0. The fourth-order valence-corrected chi connectivity index (χ4v) is 11.1. The number of hydrogen-bond donors (Lipinski definition) is 5. The van der Waals surface area contributed by atoms with E-state index in [1.54, 1.807) is 6.92 Å². The zero-order valence-corrected chi connectivity index (χ0v) is 42.3. The van der Waals surface area contributed by atoms with Crippen LogP contribution in [0.4, 0.5) is 0 Å². The molecule has 0 spiro atoms. The number of sulfonamides is 2. The van der Waals surface area contributed by atoms with Crippen molar-refractivity contribution in [2.45, 2.75) is 126 Å². The molecule has 0 bridgehead atoms. The van der Waals surface area contributed by atoms with E-state index in [-0.39, 0.29) is 67.2 Å². The summed E-state index contributed by atoms with van der Waals surface area (Å²) < 4.78 is 75.6. The van der Waals surface area contributed by atoms with Crippen molar-refractivity contribution < 1.29 is 79.1 Å². The van der Waals surface area contributed by atoms with Gasteiger partial charge >= 0.3 is 140 Å². The molecule has 26 heteroatoms. The number of hydrogen-bond acceptors (Lipinski definition) is 19. The van der Waals surface area contributed by atoms with Gasteiger partial charge in [-0.05, 0) is 56.9 Å². The first-order valence-corrected chi connectivity index (χ1v) is 25.9. The molecule has 0 saturated heterocycles. The molecule has 0 atom stereocenters. The zero-order valence-electron chi connectivity index (χ0n) is 39.1. The van der Waals surface area contributed by atoms with Gasteiger partial charge in [-0.2, -0.15) is 0 Å². The summed E-state index contributed by atoms with van der Waals surface area (Å²) in [5.41, 5.74) is 6.02. The quantitative estimate of drug-likeness (QED) is 0.0751. The predicted octanol–water partition coefficient (Wildman–Crippen LogP) is 3.56. The van der Waals surface area contributed by atoms with Gasteiger partial charge in [0, 0.05) is 25.3 Å². The van der Waals surface area contributed by atoms with Gasteiger partial charge in [0.15, 0.2) is 5.12 Å². The Morgan fingerprint density at radius 3 is 1.47 bits per heavy atom. The molecule has 68 heavy (non-hydrogen) atoms. The molecule has 6 N–H and O–H groups in total. The maximum Gasteiger partial charge on any atom is -0.147 e. The third-order valence-corrected chi connectivity index (χ3v) is 16.0. The van der Waals surface area contributed by atoms with Crippen LogP contribution in [0.15, 0.2) is 30.3 Å². The Hall–Kier alpha value is -4.01. The number of benzene rings is 1. The van der Waals surface area contributed by atoms with Crippen LogP contribution in [0, 0.1) is 23.1 Å². The van der Waals surface area contributed by atoms with E-state index >= 15 is 0 Å². The largest absolute Gasteiger partial charge is 0.147 e. The summed E-state index contributed by atoms with van der Waals surface area (Å²) in [5, 5.41) is 15.0. The van der Waals surface area contributed by atoms with Crippen LogP contribution < -0.4 is 15.2 Å². The van der Waals surface area contributed by atoms with Crippen molar-refractivity contribution in [3.63, 3.8) is 0 Å². The number of methoxy groups -OCH3 is 3. The number of halogens is 1. The van der Waals surface area contributed by atoms with Gasteiger partial charge in [-0.1, -0.05) is 42.1 Å². The first-order chi connectivity index (χ1) is 31.7. The van der Waals surface area contributed by atoms with Crippen molar-refractivity contribution in [3.8, 4) is 0 Å². The minimum absolute atomic E-state index is 0. The molecule has 0 amide bonds. The molecule has 0 aromatic heterocycles. The average Bonchev–Trinajstić information content (AvgIpc) is 3.31. The number of thioether (sulfide) groups is 1. The number of nitrogens with two attached hydrogens (primary N) is 1. The van der Waals surface area contributed by atoms with E-state index in [2.05, 4.69) is 28.3 Å². The van der Waals surface area contributed by atoms with Gasteiger partial charge in [-0.25, -0.2) is 13.1 Å². The Morgan fingerprint density at radius 2 is 1.09 bits per heavy atom. The third kappa shape index (κ3) is 26.7. The second kappa shape index (κ2) is 35.1. The Bertz CT molecular complexity index is 1950. The number of carboxylic acids is 1. The van der Waals surface area contributed by atoms with Crippen molar-refractivity contribution in [1.82, 2.24) is 9.44 Å². The molecule has 3 fully saturated rings. The van der Waals surface area contributed by atoms with Crippen LogP contribution >= 0.6 is 24.2 Å². The SMILES string of the molecule is CC(=O)SC1CCC(C(=O)OCc2ccccc2)CC1.COC(=O)CCN.COC(=O)CCNS(=O)(=O)C1CCC(C(=O)O)CC1.COC(=O)CCNS(=O)(=O)C1CCC(C(=O)OB=N)CC1.Cl. The number of aliphatic carboxylic acids is 1. The van der Waals surface area contributed by atoms with Crippen LogP contribution in [0.1, 0.15) is 109 Å². The van der Waals surface area contributed by atoms with Crippen LogP contribution in [0.5, 0.6) is 0 Å². The molecule has 3 saturated carbocycles. The maximum atomic E-state index is 12.0. The number of nitrogens with one attached hydrogen (secondary N) is 3. The molecule has 3 aliphatic rings. The van der Waals surface area contributed by atoms with E-state index in [0.29, 0.717) is 83.5 Å². The van der Waals surface area contributed by atoms with Gasteiger partial charge in [0.25, 0.3) is 0 Å². The number of ether oxygens (including phenoxy) is 4. The standard InChI is InChI=1S/C16H20O3S.C11H19BN2O6S.C11H19NO6S.C4H9NO2.ClH/c1-12(17)20-15-9-7-14(8-10-15)16(18)19-11-13-5-3-2-4-6-13;1-19-10(15)6-7-14-21(17,18)9-4-2-8(3-5-9)11(16)20-12-13;1-18-10(13)6-7-12-19(16,17)9-4-2-8(3-5-9)11(14)15;1-7-4(6)2-3-5;/h2-6,14-15H,7-11H2,1H3;8-9,13-14H,2-7H2,1H3;8-9,12H,2-7H2,1H3,(H,14,15);2-3,5H2,1H3;1H. The fourth-order valence-electron chi connectivity index (χ4n) is 7.13. The molecular formula is C42H68BClN4O17S3. The zero-order chi connectivity index (χ0) is 50.4. The molecule has 0 radical (unpaired) electrons. The van der Waals surface area contributed by atoms with Gasteiger partial charge in [-0.3, -0.25) is 24.0 Å². The van der Waals surface area contributed by atoms with Gasteiger partial charge in [0.1, 0.15) is 6.61 Å². The van der Waals surface area contributed by atoms with Crippen molar-refractivity contribution in [2.75, 3.05) is 41.0 Å². The van der Waals surface area contributed by atoms with Crippen LogP contribution in [-0.2, 0) is 83.8 Å². The molecule has 0 heterocycles. The molecule has 386 valence electrons. The van der Waals surface area contributed by atoms with E-state index in [0.717, 1.165) is 31.2 Å².